The van der Waals surface area contributed by atoms with Gasteiger partial charge in [0.15, 0.2) is 0 Å². The number of aromatic amines is 1. The summed E-state index contributed by atoms with van der Waals surface area (Å²) in [5.41, 5.74) is 5.88. The second-order valence-corrected chi connectivity index (χ2v) is 12.8. The molecule has 1 saturated carbocycles. The Morgan fingerprint density at radius 3 is 2.48 bits per heavy atom. The highest BCUT2D eigenvalue weighted by Crippen LogP contribution is 2.37. The van der Waals surface area contributed by atoms with Crippen molar-refractivity contribution in [3.8, 4) is 39.7 Å². The summed E-state index contributed by atoms with van der Waals surface area (Å²) in [4.78, 5) is 29.3. The van der Waals surface area contributed by atoms with E-state index in [0.29, 0.717) is 34.3 Å². The number of aliphatic carboxylic acids is 1. The molecule has 13 heteroatoms. The highest BCUT2D eigenvalue weighted by atomic mass is 35.5. The van der Waals surface area contributed by atoms with E-state index < -0.39 is 23.7 Å². The third kappa shape index (κ3) is 6.79. The summed E-state index contributed by atoms with van der Waals surface area (Å²) in [5.74, 6) is -0.269. The average molecular weight is 694 g/mol. The van der Waals surface area contributed by atoms with Gasteiger partial charge in [-0.15, -0.1) is 10.2 Å². The van der Waals surface area contributed by atoms with E-state index in [1.54, 1.807) is 24.3 Å². The number of carboxylic acids is 1. The molecule has 1 aliphatic carbocycles. The standard InChI is InChI=1S/C37H33ClFN7O4/c1-21(37(48)49)40-36(47)25-9-14-29(23-10-15-31(39)30(38)18-23)26(17-25)20-50-28-12-7-22(8-13-28)35-41-32-19-24(34-42-44-45-43-34)11-16-33(32)46(35)27-5-3-2-4-6-27/h7-19,21,27H,2-6,20H2,1H3,(H,40,47)(H,48,49)(H,42,43,44,45). The molecule has 7 rings (SSSR count). The minimum atomic E-state index is -1.15. The van der Waals surface area contributed by atoms with Crippen molar-refractivity contribution < 1.29 is 23.8 Å². The van der Waals surface area contributed by atoms with E-state index in [2.05, 4.69) is 36.6 Å². The maximum atomic E-state index is 14.0. The zero-order chi connectivity index (χ0) is 34.8. The van der Waals surface area contributed by atoms with E-state index in [-0.39, 0.29) is 17.2 Å². The number of rotatable bonds is 10. The highest BCUT2D eigenvalue weighted by molar-refractivity contribution is 6.31. The maximum Gasteiger partial charge on any atom is 0.325 e. The smallest absolute Gasteiger partial charge is 0.325 e. The monoisotopic (exact) mass is 693 g/mol. The van der Waals surface area contributed by atoms with Crippen LogP contribution in [0.2, 0.25) is 5.02 Å². The molecule has 1 fully saturated rings. The van der Waals surface area contributed by atoms with Crippen LogP contribution in [0.5, 0.6) is 5.75 Å². The Labute approximate surface area is 291 Å². The first-order chi connectivity index (χ1) is 24.2. The third-order valence-corrected chi connectivity index (χ3v) is 9.35. The zero-order valence-electron chi connectivity index (χ0n) is 27.1. The molecule has 2 heterocycles. The molecule has 0 aliphatic heterocycles. The van der Waals surface area contributed by atoms with Crippen LogP contribution in [0.4, 0.5) is 4.39 Å². The topological polar surface area (TPSA) is 148 Å². The van der Waals surface area contributed by atoms with Crippen LogP contribution < -0.4 is 10.1 Å². The van der Waals surface area contributed by atoms with Gasteiger partial charge >= 0.3 is 5.97 Å². The van der Waals surface area contributed by atoms with Crippen molar-refractivity contribution in [1.82, 2.24) is 35.5 Å². The number of aromatic nitrogens is 6. The predicted octanol–water partition coefficient (Wildman–Crippen LogP) is 7.63. The van der Waals surface area contributed by atoms with E-state index in [1.807, 2.05) is 36.4 Å². The molecule has 0 saturated heterocycles. The number of benzene rings is 4. The van der Waals surface area contributed by atoms with Crippen molar-refractivity contribution in [2.24, 2.45) is 0 Å². The molecule has 4 aromatic carbocycles. The largest absolute Gasteiger partial charge is 0.489 e. The van der Waals surface area contributed by atoms with Crippen LogP contribution in [0.15, 0.2) is 78.9 Å². The number of halogens is 2. The number of carbonyl (C=O) groups is 2. The fourth-order valence-electron chi connectivity index (χ4n) is 6.44. The summed E-state index contributed by atoms with van der Waals surface area (Å²) < 4.78 is 22.6. The molecule has 1 unspecified atom stereocenters. The normalized spacial score (nSPS) is 14.1. The number of tetrazole rings is 1. The summed E-state index contributed by atoms with van der Waals surface area (Å²) in [6, 6.07) is 22.4. The van der Waals surface area contributed by atoms with Crippen LogP contribution in [-0.2, 0) is 11.4 Å². The van der Waals surface area contributed by atoms with Gasteiger partial charge in [-0.3, -0.25) is 9.59 Å². The highest BCUT2D eigenvalue weighted by Gasteiger charge is 2.23. The number of imidazole rings is 1. The van der Waals surface area contributed by atoms with E-state index >= 15 is 0 Å². The van der Waals surface area contributed by atoms with E-state index in [1.165, 1.54) is 38.3 Å². The van der Waals surface area contributed by atoms with Crippen molar-refractivity contribution in [2.75, 3.05) is 0 Å². The minimum Gasteiger partial charge on any atom is -0.489 e. The van der Waals surface area contributed by atoms with Crippen LogP contribution >= 0.6 is 11.6 Å². The summed E-state index contributed by atoms with van der Waals surface area (Å²) in [7, 11) is 0. The second-order valence-electron chi connectivity index (χ2n) is 12.4. The molecule has 0 radical (unpaired) electrons. The van der Waals surface area contributed by atoms with E-state index in [4.69, 9.17) is 21.3 Å². The van der Waals surface area contributed by atoms with Gasteiger partial charge in [0.05, 0.1) is 16.1 Å². The van der Waals surface area contributed by atoms with Crippen LogP contribution in [0, 0.1) is 5.82 Å². The Kier molecular flexibility index (Phi) is 9.27. The summed E-state index contributed by atoms with van der Waals surface area (Å²) in [5, 5.41) is 26.1. The molecule has 1 amide bonds. The maximum absolute atomic E-state index is 14.0. The first-order valence-corrected chi connectivity index (χ1v) is 16.7. The number of H-pyrrole nitrogens is 1. The van der Waals surface area contributed by atoms with Gasteiger partial charge in [0.25, 0.3) is 5.91 Å². The molecule has 50 heavy (non-hydrogen) atoms. The number of carbonyl (C=O) groups excluding carboxylic acids is 1. The number of fused-ring (bicyclic) bond motifs is 1. The Morgan fingerprint density at radius 2 is 1.76 bits per heavy atom. The fraction of sp³-hybridized carbons (Fsp3) is 0.243. The lowest BCUT2D eigenvalue weighted by Gasteiger charge is -2.25. The van der Waals surface area contributed by atoms with Crippen LogP contribution in [0.3, 0.4) is 0 Å². The number of hydrogen-bond acceptors (Lipinski definition) is 7. The van der Waals surface area contributed by atoms with Gasteiger partial charge in [-0.1, -0.05) is 43.0 Å². The number of carboxylic acid groups (broad SMARTS) is 1. The summed E-state index contributed by atoms with van der Waals surface area (Å²) in [6.45, 7) is 1.46. The molecular formula is C37H33ClFN7O4. The molecular weight excluding hydrogens is 661 g/mol. The van der Waals surface area contributed by atoms with Crippen molar-refractivity contribution in [2.45, 2.75) is 57.7 Å². The number of amides is 1. The number of nitrogens with zero attached hydrogens (tertiary/aromatic N) is 5. The van der Waals surface area contributed by atoms with Crippen LogP contribution in [0.25, 0.3) is 44.9 Å². The van der Waals surface area contributed by atoms with Crippen molar-refractivity contribution in [3.05, 3.63) is 101 Å². The van der Waals surface area contributed by atoms with Gasteiger partial charge in [0, 0.05) is 22.7 Å². The molecule has 1 aliphatic rings. The number of ether oxygens (including phenoxy) is 1. The Hall–Kier alpha value is -5.62. The molecule has 11 nitrogen and oxygen atoms in total. The summed E-state index contributed by atoms with van der Waals surface area (Å²) >= 11 is 6.10. The predicted molar refractivity (Wildman–Crippen MR) is 186 cm³/mol. The fourth-order valence-corrected chi connectivity index (χ4v) is 6.62. The third-order valence-electron chi connectivity index (χ3n) is 9.06. The Balaban J connectivity index is 1.18. The van der Waals surface area contributed by atoms with Gasteiger partial charge in [0.1, 0.15) is 30.0 Å². The molecule has 0 spiro atoms. The SMILES string of the molecule is CC(NC(=O)c1ccc(-c2ccc(F)c(Cl)c2)c(COc2ccc(-c3nc4cc(-c5nn[nH]n5)ccc4n3C3CCCCC3)cc2)c1)C(=O)O. The molecule has 3 N–H and O–H groups in total. The lowest BCUT2D eigenvalue weighted by molar-refractivity contribution is -0.138. The van der Waals surface area contributed by atoms with Crippen molar-refractivity contribution in [3.63, 3.8) is 0 Å². The van der Waals surface area contributed by atoms with Crippen molar-refractivity contribution in [1.29, 1.82) is 0 Å². The van der Waals surface area contributed by atoms with Gasteiger partial charge in [-0.2, -0.15) is 5.21 Å². The van der Waals surface area contributed by atoms with E-state index in [9.17, 15) is 19.1 Å². The quantitative estimate of drug-likeness (QED) is 0.133. The van der Waals surface area contributed by atoms with Crippen LogP contribution in [0.1, 0.15) is 61.0 Å². The van der Waals surface area contributed by atoms with Gasteiger partial charge in [-0.05, 0) is 108 Å². The zero-order valence-corrected chi connectivity index (χ0v) is 27.8. The molecule has 0 bridgehead atoms. The van der Waals surface area contributed by atoms with Crippen LogP contribution in [-0.4, -0.2) is 53.2 Å². The number of nitrogens with one attached hydrogen (secondary N) is 2. The molecule has 254 valence electrons. The average Bonchev–Trinajstić information content (AvgIpc) is 3.81. The Bertz CT molecular complexity index is 2180. The lowest BCUT2D eigenvalue weighted by Crippen LogP contribution is -2.38. The molecule has 2 aromatic heterocycles. The summed E-state index contributed by atoms with van der Waals surface area (Å²) in [6.07, 6.45) is 5.74. The van der Waals surface area contributed by atoms with Gasteiger partial charge in [-0.25, -0.2) is 9.37 Å². The van der Waals surface area contributed by atoms with Crippen molar-refractivity contribution >= 4 is 34.5 Å². The minimum absolute atomic E-state index is 0.0349. The number of hydrogen-bond donors (Lipinski definition) is 3. The lowest BCUT2D eigenvalue weighted by atomic mass is 9.95. The molecule has 6 aromatic rings. The second kappa shape index (κ2) is 14.1. The molecule has 1 atom stereocenters. The first-order valence-electron chi connectivity index (χ1n) is 16.4. The Morgan fingerprint density at radius 1 is 1.00 bits per heavy atom. The van der Waals surface area contributed by atoms with Gasteiger partial charge in [0.2, 0.25) is 5.82 Å². The van der Waals surface area contributed by atoms with E-state index in [0.717, 1.165) is 40.8 Å². The van der Waals surface area contributed by atoms with Gasteiger partial charge < -0.3 is 19.7 Å². The first kappa shape index (κ1) is 32.9.